The van der Waals surface area contributed by atoms with Gasteiger partial charge in [0, 0.05) is 37.8 Å². The molecule has 0 bridgehead atoms. The molecule has 21 heavy (non-hydrogen) atoms. The van der Waals surface area contributed by atoms with Gasteiger partial charge in [-0.15, -0.1) is 0 Å². The first-order chi connectivity index (χ1) is 10.2. The minimum absolute atomic E-state index is 0.177. The summed E-state index contributed by atoms with van der Waals surface area (Å²) in [7, 11) is 1.70. The molecule has 0 saturated carbocycles. The fraction of sp³-hybridized carbons (Fsp3) is 0.625. The van der Waals surface area contributed by atoms with Crippen molar-refractivity contribution in [1.82, 2.24) is 10.2 Å². The molecule has 4 nitrogen and oxygen atoms in total. The van der Waals surface area contributed by atoms with Gasteiger partial charge in [-0.1, -0.05) is 30.7 Å². The Labute approximate surface area is 133 Å². The van der Waals surface area contributed by atoms with Crippen molar-refractivity contribution in [2.24, 2.45) is 0 Å². The van der Waals surface area contributed by atoms with E-state index in [1.54, 1.807) is 7.11 Å². The van der Waals surface area contributed by atoms with E-state index >= 15 is 0 Å². The summed E-state index contributed by atoms with van der Waals surface area (Å²) in [6, 6.07) is 8.30. The lowest BCUT2D eigenvalue weighted by Gasteiger charge is -2.25. The van der Waals surface area contributed by atoms with Crippen LogP contribution in [0.5, 0.6) is 0 Å². The first-order valence-corrected chi connectivity index (χ1v) is 7.90. The lowest BCUT2D eigenvalue weighted by molar-refractivity contribution is 0.127. The molecule has 0 radical (unpaired) electrons. The Morgan fingerprint density at radius 3 is 2.52 bits per heavy atom. The van der Waals surface area contributed by atoms with E-state index in [1.807, 2.05) is 12.1 Å². The molecule has 120 valence electrons. The van der Waals surface area contributed by atoms with Crippen LogP contribution in [-0.2, 0) is 4.74 Å². The molecular weight excluding hydrogens is 288 g/mol. The van der Waals surface area contributed by atoms with E-state index in [-0.39, 0.29) is 6.61 Å². The maximum atomic E-state index is 9.14. The van der Waals surface area contributed by atoms with Crippen LogP contribution in [0.25, 0.3) is 0 Å². The number of methoxy groups -OCH3 is 1. The zero-order chi connectivity index (χ0) is 15.5. The number of nitrogens with zero attached hydrogens (tertiary/aromatic N) is 1. The smallest absolute Gasteiger partial charge is 0.0589 e. The van der Waals surface area contributed by atoms with E-state index in [1.165, 1.54) is 5.56 Å². The van der Waals surface area contributed by atoms with Crippen LogP contribution in [0.2, 0.25) is 5.02 Å². The van der Waals surface area contributed by atoms with Crippen molar-refractivity contribution >= 4 is 11.6 Å². The van der Waals surface area contributed by atoms with E-state index < -0.39 is 0 Å². The predicted octanol–water partition coefficient (Wildman–Crippen LogP) is 2.32. The number of aliphatic hydroxyl groups excluding tert-OH is 1. The van der Waals surface area contributed by atoms with E-state index in [4.69, 9.17) is 21.4 Å². The topological polar surface area (TPSA) is 44.7 Å². The minimum Gasteiger partial charge on any atom is -0.395 e. The van der Waals surface area contributed by atoms with Crippen molar-refractivity contribution in [3.05, 3.63) is 34.9 Å². The molecule has 0 spiro atoms. The molecule has 1 atom stereocenters. The summed E-state index contributed by atoms with van der Waals surface area (Å²) in [6.45, 7) is 6.34. The number of benzene rings is 1. The molecule has 1 unspecified atom stereocenters. The molecule has 0 aliphatic carbocycles. The van der Waals surface area contributed by atoms with Crippen LogP contribution in [0, 0.1) is 0 Å². The largest absolute Gasteiger partial charge is 0.395 e. The Morgan fingerprint density at radius 2 is 1.95 bits per heavy atom. The van der Waals surface area contributed by atoms with Gasteiger partial charge < -0.3 is 15.2 Å². The van der Waals surface area contributed by atoms with E-state index in [9.17, 15) is 0 Å². The van der Waals surface area contributed by atoms with Crippen molar-refractivity contribution in [3.63, 3.8) is 0 Å². The van der Waals surface area contributed by atoms with Crippen LogP contribution in [-0.4, -0.2) is 56.5 Å². The van der Waals surface area contributed by atoms with Gasteiger partial charge in [-0.2, -0.15) is 0 Å². The fourth-order valence-electron chi connectivity index (χ4n) is 2.34. The molecule has 2 N–H and O–H groups in total. The van der Waals surface area contributed by atoms with Crippen LogP contribution in [0.3, 0.4) is 0 Å². The molecule has 0 aliphatic rings. The van der Waals surface area contributed by atoms with Gasteiger partial charge in [0.1, 0.15) is 0 Å². The lowest BCUT2D eigenvalue weighted by atomic mass is 10.0. The van der Waals surface area contributed by atoms with Gasteiger partial charge in [-0.3, -0.25) is 4.90 Å². The standard InChI is InChI=1S/C16H27ClN2O2/c1-3-18-16(14-4-6-15(17)7-5-14)8-9-19(10-12-20)11-13-21-2/h4-7,16,18,20H,3,8-13H2,1-2H3. The predicted molar refractivity (Wildman–Crippen MR) is 87.9 cm³/mol. The number of hydrogen-bond donors (Lipinski definition) is 2. The zero-order valence-corrected chi connectivity index (χ0v) is 13.8. The quantitative estimate of drug-likeness (QED) is 0.658. The van der Waals surface area contributed by atoms with Gasteiger partial charge in [0.15, 0.2) is 0 Å². The van der Waals surface area contributed by atoms with Crippen LogP contribution in [0.4, 0.5) is 0 Å². The average Bonchev–Trinajstić information content (AvgIpc) is 2.49. The Kier molecular flexibility index (Phi) is 9.63. The summed E-state index contributed by atoms with van der Waals surface area (Å²) < 4.78 is 5.12. The Bertz CT molecular complexity index is 373. The summed E-state index contributed by atoms with van der Waals surface area (Å²) in [4.78, 5) is 2.23. The summed E-state index contributed by atoms with van der Waals surface area (Å²) >= 11 is 5.95. The van der Waals surface area contributed by atoms with Crippen molar-refractivity contribution in [2.45, 2.75) is 19.4 Å². The molecule has 0 aliphatic heterocycles. The normalized spacial score (nSPS) is 12.8. The van der Waals surface area contributed by atoms with Crippen LogP contribution >= 0.6 is 11.6 Å². The molecule has 0 heterocycles. The zero-order valence-electron chi connectivity index (χ0n) is 13.0. The average molecular weight is 315 g/mol. The molecule has 0 saturated heterocycles. The molecule has 1 aromatic rings. The fourth-order valence-corrected chi connectivity index (χ4v) is 2.46. The third kappa shape index (κ3) is 7.25. The number of hydrogen-bond acceptors (Lipinski definition) is 4. The first-order valence-electron chi connectivity index (χ1n) is 7.52. The number of ether oxygens (including phenoxy) is 1. The number of aliphatic hydroxyl groups is 1. The summed E-state index contributed by atoms with van der Waals surface area (Å²) in [5, 5.41) is 13.4. The minimum atomic E-state index is 0.177. The monoisotopic (exact) mass is 314 g/mol. The number of halogens is 1. The van der Waals surface area contributed by atoms with Crippen LogP contribution < -0.4 is 5.32 Å². The molecular formula is C16H27ClN2O2. The van der Waals surface area contributed by atoms with Gasteiger partial charge in [0.2, 0.25) is 0 Å². The van der Waals surface area contributed by atoms with Crippen molar-refractivity contribution in [3.8, 4) is 0 Å². The lowest BCUT2D eigenvalue weighted by Crippen LogP contribution is -2.34. The van der Waals surface area contributed by atoms with Gasteiger partial charge in [0.25, 0.3) is 0 Å². The van der Waals surface area contributed by atoms with Crippen molar-refractivity contribution in [1.29, 1.82) is 0 Å². The second-order valence-corrected chi connectivity index (χ2v) is 5.44. The highest BCUT2D eigenvalue weighted by Gasteiger charge is 2.12. The molecule has 0 fully saturated rings. The Morgan fingerprint density at radius 1 is 1.24 bits per heavy atom. The van der Waals surface area contributed by atoms with Crippen molar-refractivity contribution in [2.75, 3.05) is 46.5 Å². The summed E-state index contributed by atoms with van der Waals surface area (Å²) in [6.07, 6.45) is 0.985. The van der Waals surface area contributed by atoms with E-state index in [2.05, 4.69) is 29.3 Å². The molecule has 5 heteroatoms. The van der Waals surface area contributed by atoms with Gasteiger partial charge in [-0.05, 0) is 30.7 Å². The van der Waals surface area contributed by atoms with Crippen molar-refractivity contribution < 1.29 is 9.84 Å². The maximum Gasteiger partial charge on any atom is 0.0589 e. The maximum absolute atomic E-state index is 9.14. The Balaban J connectivity index is 2.57. The highest BCUT2D eigenvalue weighted by atomic mass is 35.5. The summed E-state index contributed by atoms with van der Waals surface area (Å²) in [5.41, 5.74) is 1.25. The van der Waals surface area contributed by atoms with Gasteiger partial charge in [-0.25, -0.2) is 0 Å². The van der Waals surface area contributed by atoms with E-state index in [0.717, 1.165) is 31.1 Å². The highest BCUT2D eigenvalue weighted by molar-refractivity contribution is 6.30. The molecule has 0 aromatic heterocycles. The van der Waals surface area contributed by atoms with Crippen LogP contribution in [0.1, 0.15) is 24.9 Å². The second-order valence-electron chi connectivity index (χ2n) is 5.01. The summed E-state index contributed by atoms with van der Waals surface area (Å²) in [5.74, 6) is 0. The van der Waals surface area contributed by atoms with Crippen LogP contribution in [0.15, 0.2) is 24.3 Å². The Hall–Kier alpha value is -0.650. The molecule has 0 amide bonds. The van der Waals surface area contributed by atoms with E-state index in [0.29, 0.717) is 19.2 Å². The molecule has 1 rings (SSSR count). The third-order valence-electron chi connectivity index (χ3n) is 3.48. The SMILES string of the molecule is CCNC(CCN(CCO)CCOC)c1ccc(Cl)cc1. The van der Waals surface area contributed by atoms with Gasteiger partial charge in [0.05, 0.1) is 13.2 Å². The van der Waals surface area contributed by atoms with Gasteiger partial charge >= 0.3 is 0 Å². The third-order valence-corrected chi connectivity index (χ3v) is 3.74. The highest BCUT2D eigenvalue weighted by Crippen LogP contribution is 2.19. The molecule has 1 aromatic carbocycles. The first kappa shape index (κ1) is 18.4. The number of nitrogens with one attached hydrogen (secondary N) is 1. The second kappa shape index (κ2) is 11.0. The number of rotatable bonds is 11.